The number of hydrogen-bond donors (Lipinski definition) is 1. The molecule has 0 bridgehead atoms. The topological polar surface area (TPSA) is 101 Å². The molecule has 112 valence electrons. The van der Waals surface area contributed by atoms with E-state index in [1.807, 2.05) is 0 Å². The minimum atomic E-state index is -1.40. The smallest absolute Gasteiger partial charge is 0.326 e. The van der Waals surface area contributed by atoms with Gasteiger partial charge in [-0.15, -0.1) is 0 Å². The molecule has 1 N–H and O–H groups in total. The summed E-state index contributed by atoms with van der Waals surface area (Å²) in [5.41, 5.74) is -1.75. The number of amides is 1. The number of nitro groups is 1. The third-order valence-electron chi connectivity index (χ3n) is 3.26. The number of aliphatic carboxylic acids is 1. The quantitative estimate of drug-likeness (QED) is 0.674. The van der Waals surface area contributed by atoms with Crippen LogP contribution >= 0.6 is 0 Å². The monoisotopic (exact) mass is 300 g/mol. The van der Waals surface area contributed by atoms with Gasteiger partial charge in [-0.05, 0) is 12.8 Å². The number of likely N-dealkylation sites (tertiary alicyclic amines) is 1. The van der Waals surface area contributed by atoms with Gasteiger partial charge in [0.15, 0.2) is 0 Å². The fraction of sp³-hybridized carbons (Fsp3) is 0.333. The van der Waals surface area contributed by atoms with Crippen LogP contribution in [0.15, 0.2) is 12.1 Å². The molecule has 9 heteroatoms. The molecule has 1 atom stereocenters. The van der Waals surface area contributed by atoms with E-state index in [9.17, 15) is 28.5 Å². The van der Waals surface area contributed by atoms with Crippen molar-refractivity contribution in [2.45, 2.75) is 18.9 Å². The lowest BCUT2D eigenvalue weighted by Crippen LogP contribution is -2.40. The highest BCUT2D eigenvalue weighted by molar-refractivity contribution is 5.97. The fourth-order valence-corrected chi connectivity index (χ4v) is 2.26. The van der Waals surface area contributed by atoms with Gasteiger partial charge < -0.3 is 10.0 Å². The van der Waals surface area contributed by atoms with E-state index in [-0.39, 0.29) is 19.0 Å². The Morgan fingerprint density at radius 3 is 2.57 bits per heavy atom. The molecule has 0 spiro atoms. The number of carboxylic acid groups (broad SMARTS) is 1. The van der Waals surface area contributed by atoms with Crippen LogP contribution in [0.2, 0.25) is 0 Å². The maximum absolute atomic E-state index is 13.7. The zero-order valence-electron chi connectivity index (χ0n) is 10.6. The summed E-state index contributed by atoms with van der Waals surface area (Å²) in [5, 5.41) is 19.6. The molecule has 1 aromatic carbocycles. The summed E-state index contributed by atoms with van der Waals surface area (Å²) in [6, 6.07) is -0.373. The van der Waals surface area contributed by atoms with E-state index in [0.717, 1.165) is 4.90 Å². The molecular formula is C12H10F2N2O5. The molecule has 0 saturated carbocycles. The van der Waals surface area contributed by atoms with Crippen LogP contribution in [0, 0.1) is 21.7 Å². The second kappa shape index (κ2) is 5.43. The number of benzene rings is 1. The third-order valence-corrected chi connectivity index (χ3v) is 3.26. The van der Waals surface area contributed by atoms with E-state index < -0.39 is 45.7 Å². The highest BCUT2D eigenvalue weighted by Gasteiger charge is 2.36. The molecule has 0 radical (unpaired) electrons. The lowest BCUT2D eigenvalue weighted by Gasteiger charge is -2.21. The summed E-state index contributed by atoms with van der Waals surface area (Å²) in [6.07, 6.45) is 0.638. The summed E-state index contributed by atoms with van der Waals surface area (Å²) in [4.78, 5) is 33.6. The first kappa shape index (κ1) is 14.8. The molecule has 1 heterocycles. The molecule has 2 rings (SSSR count). The van der Waals surface area contributed by atoms with Gasteiger partial charge in [0.25, 0.3) is 5.91 Å². The lowest BCUT2D eigenvalue weighted by molar-refractivity contribution is -0.387. The lowest BCUT2D eigenvalue weighted by atomic mass is 10.1. The van der Waals surface area contributed by atoms with Crippen molar-refractivity contribution in [1.29, 1.82) is 0 Å². The molecule has 1 saturated heterocycles. The zero-order valence-corrected chi connectivity index (χ0v) is 10.6. The van der Waals surface area contributed by atoms with Gasteiger partial charge in [-0.1, -0.05) is 0 Å². The van der Waals surface area contributed by atoms with Gasteiger partial charge in [-0.3, -0.25) is 14.9 Å². The SMILES string of the molecule is O=C(O)[C@H]1CCCN1C(=O)c1cc([N+](=O)[O-])c(F)cc1F. The predicted octanol–water partition coefficient (Wildman–Crippen LogP) is 1.56. The number of carboxylic acids is 1. The van der Waals surface area contributed by atoms with Crippen LogP contribution in [0.1, 0.15) is 23.2 Å². The second-order valence-corrected chi connectivity index (χ2v) is 4.54. The number of carbonyl (C=O) groups is 2. The summed E-state index contributed by atoms with van der Waals surface area (Å²) >= 11 is 0. The molecule has 0 aromatic heterocycles. The van der Waals surface area contributed by atoms with Gasteiger partial charge in [0.1, 0.15) is 11.9 Å². The number of halogens is 2. The largest absolute Gasteiger partial charge is 0.480 e. The standard InChI is InChI=1S/C12H10F2N2O5/c13-7-5-8(14)10(16(20)21)4-6(7)11(17)15-3-1-2-9(15)12(18)19/h4-5,9H,1-3H2,(H,18,19)/t9-/m1/s1. The van der Waals surface area contributed by atoms with Gasteiger partial charge in [-0.25, -0.2) is 9.18 Å². The Hall–Kier alpha value is -2.58. The summed E-state index contributed by atoms with van der Waals surface area (Å²) in [6.45, 7) is 0.0976. The van der Waals surface area contributed by atoms with Crippen molar-refractivity contribution in [3.05, 3.63) is 39.4 Å². The molecule has 0 aliphatic carbocycles. The molecule has 1 fully saturated rings. The van der Waals surface area contributed by atoms with Crippen LogP contribution in [-0.2, 0) is 4.79 Å². The van der Waals surface area contributed by atoms with Crippen molar-refractivity contribution in [3.8, 4) is 0 Å². The van der Waals surface area contributed by atoms with Gasteiger partial charge in [-0.2, -0.15) is 4.39 Å². The van der Waals surface area contributed by atoms with Crippen molar-refractivity contribution in [2.75, 3.05) is 6.54 Å². The molecule has 7 nitrogen and oxygen atoms in total. The van der Waals surface area contributed by atoms with Crippen molar-refractivity contribution in [3.63, 3.8) is 0 Å². The fourth-order valence-electron chi connectivity index (χ4n) is 2.26. The first-order valence-electron chi connectivity index (χ1n) is 6.00. The van der Waals surface area contributed by atoms with Crippen LogP contribution in [-0.4, -0.2) is 39.4 Å². The predicted molar refractivity (Wildman–Crippen MR) is 64.7 cm³/mol. The van der Waals surface area contributed by atoms with Gasteiger partial charge >= 0.3 is 11.7 Å². The Kier molecular flexibility index (Phi) is 3.83. The summed E-state index contributed by atoms with van der Waals surface area (Å²) < 4.78 is 26.9. The van der Waals surface area contributed by atoms with Crippen LogP contribution in [0.25, 0.3) is 0 Å². The van der Waals surface area contributed by atoms with Gasteiger partial charge in [0.05, 0.1) is 10.5 Å². The number of rotatable bonds is 3. The van der Waals surface area contributed by atoms with Crippen molar-refractivity contribution < 1.29 is 28.4 Å². The zero-order chi connectivity index (χ0) is 15.7. The Morgan fingerprint density at radius 2 is 2.00 bits per heavy atom. The maximum atomic E-state index is 13.7. The minimum Gasteiger partial charge on any atom is -0.480 e. The van der Waals surface area contributed by atoms with E-state index in [0.29, 0.717) is 12.5 Å². The normalized spacial score (nSPS) is 17.8. The molecule has 21 heavy (non-hydrogen) atoms. The Morgan fingerprint density at radius 1 is 1.33 bits per heavy atom. The minimum absolute atomic E-state index is 0.0976. The molecule has 1 aliphatic rings. The van der Waals surface area contributed by atoms with E-state index in [1.165, 1.54) is 0 Å². The maximum Gasteiger partial charge on any atom is 0.326 e. The highest BCUT2D eigenvalue weighted by atomic mass is 19.1. The Bertz CT molecular complexity index is 634. The van der Waals surface area contributed by atoms with E-state index >= 15 is 0 Å². The number of nitro benzene ring substituents is 1. The van der Waals surface area contributed by atoms with Crippen molar-refractivity contribution in [1.82, 2.24) is 4.90 Å². The average molecular weight is 300 g/mol. The number of nitrogens with zero attached hydrogens (tertiary/aromatic N) is 2. The van der Waals surface area contributed by atoms with Gasteiger partial charge in [0, 0.05) is 18.7 Å². The Labute approximate surface area is 116 Å². The van der Waals surface area contributed by atoms with Crippen molar-refractivity contribution >= 4 is 17.6 Å². The van der Waals surface area contributed by atoms with Gasteiger partial charge in [0.2, 0.25) is 5.82 Å². The third kappa shape index (κ3) is 2.67. The summed E-state index contributed by atoms with van der Waals surface area (Å²) in [7, 11) is 0. The van der Waals surface area contributed by atoms with Crippen LogP contribution < -0.4 is 0 Å². The number of carbonyl (C=O) groups excluding carboxylic acids is 1. The molecule has 1 aromatic rings. The van der Waals surface area contributed by atoms with E-state index in [4.69, 9.17) is 5.11 Å². The molecular weight excluding hydrogens is 290 g/mol. The van der Waals surface area contributed by atoms with E-state index in [2.05, 4.69) is 0 Å². The van der Waals surface area contributed by atoms with E-state index in [1.54, 1.807) is 0 Å². The second-order valence-electron chi connectivity index (χ2n) is 4.54. The van der Waals surface area contributed by atoms with Crippen LogP contribution in [0.3, 0.4) is 0 Å². The first-order chi connectivity index (χ1) is 9.82. The summed E-state index contributed by atoms with van der Waals surface area (Å²) in [5.74, 6) is -4.90. The number of hydrogen-bond acceptors (Lipinski definition) is 4. The highest BCUT2D eigenvalue weighted by Crippen LogP contribution is 2.26. The van der Waals surface area contributed by atoms with Crippen molar-refractivity contribution in [2.24, 2.45) is 0 Å². The molecule has 0 unspecified atom stereocenters. The molecule has 1 amide bonds. The van der Waals surface area contributed by atoms with Crippen LogP contribution in [0.4, 0.5) is 14.5 Å². The first-order valence-corrected chi connectivity index (χ1v) is 6.00. The Balaban J connectivity index is 2.41. The average Bonchev–Trinajstić information content (AvgIpc) is 2.86. The van der Waals surface area contributed by atoms with Crippen LogP contribution in [0.5, 0.6) is 0 Å². The molecule has 1 aliphatic heterocycles.